The number of ether oxygens (including phenoxy) is 1. The summed E-state index contributed by atoms with van der Waals surface area (Å²) in [5, 5.41) is 3.42. The number of hydrogen-bond donors (Lipinski definition) is 1. The van der Waals surface area contributed by atoms with E-state index < -0.39 is 52.7 Å². The van der Waals surface area contributed by atoms with Gasteiger partial charge in [-0.2, -0.15) is 0 Å². The molecule has 4 aromatic rings. The molecular formula is C45H58F2N2O5Si2. The molecule has 1 aliphatic heterocycles. The third kappa shape index (κ3) is 10.2. The first-order valence-electron chi connectivity index (χ1n) is 19.5. The highest BCUT2D eigenvalue weighted by atomic mass is 28.4. The molecule has 1 heterocycles. The molecule has 0 unspecified atom stereocenters. The molecule has 0 spiro atoms. The van der Waals surface area contributed by atoms with E-state index >= 15 is 4.79 Å². The van der Waals surface area contributed by atoms with E-state index in [4.69, 9.17) is 13.6 Å². The average molecular weight is 801 g/mol. The van der Waals surface area contributed by atoms with Gasteiger partial charge < -0.3 is 18.9 Å². The number of anilines is 1. The SMILES string of the molecule is CC(C)(C)[Si](C)(C)Oc1ccc([C@@H](Nc2ccc(F)cc2)[C@@H](CC[C@H](O[Si](C)(C)C(C)(C)C)c2ccc(F)cc2)C(=O)N2C(=O)OC[C@@H]2c2ccccc2)cc1. The van der Waals surface area contributed by atoms with Crippen molar-refractivity contribution >= 4 is 34.3 Å². The van der Waals surface area contributed by atoms with Crippen LogP contribution in [0.15, 0.2) is 103 Å². The van der Waals surface area contributed by atoms with E-state index in [1.165, 1.54) is 29.2 Å². The predicted octanol–water partition coefficient (Wildman–Crippen LogP) is 12.4. The van der Waals surface area contributed by atoms with Crippen molar-refractivity contribution in [1.29, 1.82) is 0 Å². The molecule has 2 amide bonds. The maximum Gasteiger partial charge on any atom is 0.417 e. The molecule has 0 saturated carbocycles. The number of carbonyl (C=O) groups excluding carboxylic acids is 2. The highest BCUT2D eigenvalue weighted by Crippen LogP contribution is 2.44. The molecule has 56 heavy (non-hydrogen) atoms. The second-order valence-corrected chi connectivity index (χ2v) is 27.4. The van der Waals surface area contributed by atoms with Crippen LogP contribution in [0.2, 0.25) is 36.3 Å². The number of imide groups is 1. The Morgan fingerprint density at radius 1 is 0.768 bits per heavy atom. The van der Waals surface area contributed by atoms with Gasteiger partial charge in [-0.25, -0.2) is 18.5 Å². The Labute approximate surface area is 334 Å². The van der Waals surface area contributed by atoms with Gasteiger partial charge in [-0.1, -0.05) is 96.1 Å². The lowest BCUT2D eigenvalue weighted by atomic mass is 9.85. The number of hydrogen-bond acceptors (Lipinski definition) is 6. The Morgan fingerprint density at radius 3 is 1.86 bits per heavy atom. The molecule has 0 aromatic heterocycles. The smallest absolute Gasteiger partial charge is 0.417 e. The number of amides is 2. The van der Waals surface area contributed by atoms with Crippen molar-refractivity contribution in [1.82, 2.24) is 4.90 Å². The van der Waals surface area contributed by atoms with Crippen molar-refractivity contribution in [3.05, 3.63) is 131 Å². The lowest BCUT2D eigenvalue weighted by Gasteiger charge is -2.40. The van der Waals surface area contributed by atoms with Crippen molar-refractivity contribution in [2.24, 2.45) is 5.92 Å². The van der Waals surface area contributed by atoms with E-state index in [1.54, 1.807) is 24.3 Å². The summed E-state index contributed by atoms with van der Waals surface area (Å²) in [7, 11) is -4.53. The van der Waals surface area contributed by atoms with E-state index in [0.717, 1.165) is 22.4 Å². The minimum atomic E-state index is -2.38. The summed E-state index contributed by atoms with van der Waals surface area (Å²) in [5.74, 6) is -1.25. The molecule has 0 radical (unpaired) electrons. The van der Waals surface area contributed by atoms with E-state index in [1.807, 2.05) is 54.6 Å². The number of rotatable bonds is 14. The van der Waals surface area contributed by atoms with Crippen LogP contribution in [0.3, 0.4) is 0 Å². The summed E-state index contributed by atoms with van der Waals surface area (Å²) in [6.07, 6.45) is -0.502. The van der Waals surface area contributed by atoms with Gasteiger partial charge in [0.05, 0.1) is 18.1 Å². The topological polar surface area (TPSA) is 77.1 Å². The first-order chi connectivity index (χ1) is 26.2. The minimum Gasteiger partial charge on any atom is -0.544 e. The molecule has 1 saturated heterocycles. The monoisotopic (exact) mass is 800 g/mol. The summed E-state index contributed by atoms with van der Waals surface area (Å²) < 4.78 is 47.6. The zero-order chi connectivity index (χ0) is 41.1. The zero-order valence-electron chi connectivity index (χ0n) is 34.5. The van der Waals surface area contributed by atoms with Gasteiger partial charge in [0.15, 0.2) is 8.32 Å². The average Bonchev–Trinajstić information content (AvgIpc) is 3.52. The van der Waals surface area contributed by atoms with Crippen LogP contribution in [0.1, 0.15) is 89.3 Å². The molecule has 11 heteroatoms. The summed E-state index contributed by atoms with van der Waals surface area (Å²) >= 11 is 0. The van der Waals surface area contributed by atoms with Crippen LogP contribution in [-0.4, -0.2) is 40.1 Å². The van der Waals surface area contributed by atoms with Gasteiger partial charge in [-0.05, 0) is 114 Å². The van der Waals surface area contributed by atoms with Crippen molar-refractivity contribution in [2.45, 2.75) is 109 Å². The van der Waals surface area contributed by atoms with Gasteiger partial charge in [-0.15, -0.1) is 0 Å². The standard InChI is InChI=1S/C45H58F2N2O5Si2/c1-44(2,3)55(7,8)53-37-26-18-33(19-27-37)41(48-36-24-22-35(47)23-25-36)38(42(50)49-39(30-52-43(49)51)31-14-12-11-13-15-31)28-29-40(32-16-20-34(46)21-17-32)54-56(9,10)45(4,5)6/h11-27,38-41,48H,28-30H2,1-10H3/t38-,39-,40+,41-/m1/s1. The predicted molar refractivity (Wildman–Crippen MR) is 225 cm³/mol. The normalized spacial score (nSPS) is 16.9. The highest BCUT2D eigenvalue weighted by Gasteiger charge is 2.45. The number of carbonyl (C=O) groups is 2. The van der Waals surface area contributed by atoms with Crippen LogP contribution in [0, 0.1) is 17.6 Å². The number of halogens is 2. The van der Waals surface area contributed by atoms with E-state index in [2.05, 4.69) is 73.0 Å². The first-order valence-corrected chi connectivity index (χ1v) is 25.3. The fourth-order valence-corrected chi connectivity index (χ4v) is 8.71. The molecule has 1 fully saturated rings. The van der Waals surface area contributed by atoms with Gasteiger partial charge in [0.25, 0.3) is 0 Å². The van der Waals surface area contributed by atoms with Gasteiger partial charge in [0.1, 0.15) is 30.0 Å². The summed E-state index contributed by atoms with van der Waals surface area (Å²) in [5.41, 5.74) is 2.97. The molecule has 4 aromatic carbocycles. The van der Waals surface area contributed by atoms with Gasteiger partial charge >= 0.3 is 6.09 Å². The van der Waals surface area contributed by atoms with Crippen molar-refractivity contribution in [3.63, 3.8) is 0 Å². The van der Waals surface area contributed by atoms with Crippen molar-refractivity contribution < 1.29 is 32.0 Å². The maximum atomic E-state index is 15.2. The van der Waals surface area contributed by atoms with Crippen LogP contribution in [-0.2, 0) is 14.0 Å². The van der Waals surface area contributed by atoms with Crippen molar-refractivity contribution in [3.8, 4) is 5.75 Å². The molecule has 7 nitrogen and oxygen atoms in total. The Balaban J connectivity index is 1.61. The van der Waals surface area contributed by atoms with Crippen LogP contribution in [0.25, 0.3) is 0 Å². The third-order valence-electron chi connectivity index (χ3n) is 11.8. The number of benzene rings is 4. The fourth-order valence-electron chi connectivity index (χ4n) is 6.36. The molecule has 0 bridgehead atoms. The van der Waals surface area contributed by atoms with Gasteiger partial charge in [-0.3, -0.25) is 4.79 Å². The highest BCUT2D eigenvalue weighted by molar-refractivity contribution is 6.75. The molecule has 4 atom stereocenters. The Kier molecular flexibility index (Phi) is 13.0. The fraction of sp³-hybridized carbons (Fsp3) is 0.422. The number of nitrogens with zero attached hydrogens (tertiary/aromatic N) is 1. The van der Waals surface area contributed by atoms with Crippen LogP contribution in [0.5, 0.6) is 5.75 Å². The summed E-state index contributed by atoms with van der Waals surface area (Å²) in [4.78, 5) is 30.0. The third-order valence-corrected chi connectivity index (χ3v) is 20.7. The Morgan fingerprint density at radius 2 is 1.30 bits per heavy atom. The molecule has 300 valence electrons. The Hall–Kier alpha value is -4.33. The minimum absolute atomic E-state index is 0.0109. The van der Waals surface area contributed by atoms with Crippen LogP contribution in [0.4, 0.5) is 19.3 Å². The zero-order valence-corrected chi connectivity index (χ0v) is 36.5. The second kappa shape index (κ2) is 17.0. The quantitative estimate of drug-likeness (QED) is 0.128. The second-order valence-electron chi connectivity index (χ2n) is 17.9. The van der Waals surface area contributed by atoms with E-state index in [0.29, 0.717) is 12.1 Å². The van der Waals surface area contributed by atoms with Crippen LogP contribution >= 0.6 is 0 Å². The lowest BCUT2D eigenvalue weighted by molar-refractivity contribution is -0.134. The molecular weight excluding hydrogens is 743 g/mol. The molecule has 5 rings (SSSR count). The Bertz CT molecular complexity index is 1930. The number of cyclic esters (lactones) is 1. The van der Waals surface area contributed by atoms with Crippen LogP contribution < -0.4 is 9.74 Å². The van der Waals surface area contributed by atoms with E-state index in [-0.39, 0.29) is 34.7 Å². The largest absolute Gasteiger partial charge is 0.544 e. The molecule has 1 aliphatic rings. The summed E-state index contributed by atoms with van der Waals surface area (Å²) in [6, 6.07) is 28.2. The van der Waals surface area contributed by atoms with Gasteiger partial charge in [0.2, 0.25) is 14.2 Å². The summed E-state index contributed by atoms with van der Waals surface area (Å²) in [6.45, 7) is 21.8. The first kappa shape index (κ1) is 42.8. The number of nitrogens with one attached hydrogen (secondary N) is 1. The maximum absolute atomic E-state index is 15.2. The lowest BCUT2D eigenvalue weighted by Crippen LogP contribution is -2.44. The van der Waals surface area contributed by atoms with Crippen molar-refractivity contribution in [2.75, 3.05) is 11.9 Å². The molecule has 0 aliphatic carbocycles. The molecule has 1 N–H and O–H groups in total. The van der Waals surface area contributed by atoms with Gasteiger partial charge in [0, 0.05) is 5.69 Å². The van der Waals surface area contributed by atoms with E-state index in [9.17, 15) is 13.6 Å².